The van der Waals surface area contributed by atoms with Crippen molar-refractivity contribution in [2.75, 3.05) is 7.11 Å². The molecule has 0 N–H and O–H groups in total. The van der Waals surface area contributed by atoms with Gasteiger partial charge in [-0.3, -0.25) is 0 Å². The van der Waals surface area contributed by atoms with E-state index < -0.39 is 24.0 Å². The van der Waals surface area contributed by atoms with Gasteiger partial charge in [0.15, 0.2) is 0 Å². The number of ether oxygens (including phenoxy) is 1. The summed E-state index contributed by atoms with van der Waals surface area (Å²) in [6, 6.07) is 0. The minimum Gasteiger partial charge on any atom is -0.464 e. The molecule has 0 atom stereocenters. The molecule has 0 saturated heterocycles. The third-order valence-corrected chi connectivity index (χ3v) is 0.838. The Balaban J connectivity index is 4.58. The van der Waals surface area contributed by atoms with Gasteiger partial charge in [-0.05, 0) is 0 Å². The van der Waals surface area contributed by atoms with Crippen molar-refractivity contribution in [3.05, 3.63) is 12.2 Å². The molecule has 0 aliphatic carbocycles. The summed E-state index contributed by atoms with van der Waals surface area (Å²) < 4.78 is 50.5. The summed E-state index contributed by atoms with van der Waals surface area (Å²) in [5, 5.41) is 0. The third kappa shape index (κ3) is 1.92. The molecule has 0 bridgehead atoms. The van der Waals surface area contributed by atoms with Crippen LogP contribution in [0.1, 0.15) is 0 Å². The monoisotopic (exact) mass is 172 g/mol. The molecule has 0 rings (SSSR count). The molecule has 0 amide bonds. The van der Waals surface area contributed by atoms with Gasteiger partial charge in [-0.1, -0.05) is 0 Å². The molecule has 0 aromatic rings. The lowest BCUT2D eigenvalue weighted by molar-refractivity contribution is -0.165. The van der Waals surface area contributed by atoms with Gasteiger partial charge in [0.1, 0.15) is 6.33 Å². The highest BCUT2D eigenvalue weighted by Gasteiger charge is 2.45. The molecule has 0 aliphatic heterocycles. The summed E-state index contributed by atoms with van der Waals surface area (Å²) >= 11 is 0. The van der Waals surface area contributed by atoms with Crippen LogP contribution in [-0.2, 0) is 9.53 Å². The lowest BCUT2D eigenvalue weighted by atomic mass is 10.3. The van der Waals surface area contributed by atoms with Gasteiger partial charge >= 0.3 is 11.9 Å². The zero-order chi connectivity index (χ0) is 9.07. The van der Waals surface area contributed by atoms with Crippen molar-refractivity contribution in [1.82, 2.24) is 0 Å². The van der Waals surface area contributed by atoms with Crippen molar-refractivity contribution in [2.45, 2.75) is 5.92 Å². The number of carbonyl (C=O) groups is 1. The molecule has 0 fully saturated rings. The molecule has 0 saturated carbocycles. The van der Waals surface area contributed by atoms with Crippen LogP contribution in [0.4, 0.5) is 17.6 Å². The summed E-state index contributed by atoms with van der Waals surface area (Å²) in [6.45, 7) is 0. The fourth-order valence-corrected chi connectivity index (χ4v) is 0.294. The van der Waals surface area contributed by atoms with Crippen LogP contribution in [0.15, 0.2) is 12.2 Å². The lowest BCUT2D eigenvalue weighted by Gasteiger charge is -2.09. The van der Waals surface area contributed by atoms with E-state index in [4.69, 9.17) is 0 Å². The molecule has 0 aromatic heterocycles. The average Bonchev–Trinajstić information content (AvgIpc) is 2.01. The van der Waals surface area contributed by atoms with Crippen LogP contribution < -0.4 is 0 Å². The van der Waals surface area contributed by atoms with Gasteiger partial charge in [-0.25, -0.2) is 13.6 Å². The third-order valence-electron chi connectivity index (χ3n) is 0.838. The molecule has 0 aliphatic rings. The average molecular weight is 172 g/mol. The second-order valence-corrected chi connectivity index (χ2v) is 1.52. The maximum atomic E-state index is 12.1. The van der Waals surface area contributed by atoms with E-state index >= 15 is 0 Å². The molecular weight excluding hydrogens is 168 g/mol. The highest BCUT2D eigenvalue weighted by Crippen LogP contribution is 2.26. The van der Waals surface area contributed by atoms with Crippen LogP contribution in [0.2, 0.25) is 0 Å². The number of hydrogen-bond donors (Lipinski definition) is 0. The molecule has 0 unspecified atom stereocenters. The first-order valence-corrected chi connectivity index (χ1v) is 2.39. The van der Waals surface area contributed by atoms with Crippen molar-refractivity contribution >= 4 is 5.97 Å². The van der Waals surface area contributed by atoms with E-state index in [1.807, 2.05) is 0 Å². The van der Waals surface area contributed by atoms with Gasteiger partial charge in [0.25, 0.3) is 0 Å². The largest absolute Gasteiger partial charge is 0.464 e. The SMILES string of the molecule is COC(=O)C(F)(F)/C(F)=C\F. The second kappa shape index (κ2) is 3.36. The minimum atomic E-state index is -4.52. The topological polar surface area (TPSA) is 26.3 Å². The quantitative estimate of drug-likeness (QED) is 0.466. The first-order chi connectivity index (χ1) is 4.96. The fourth-order valence-electron chi connectivity index (χ4n) is 0.294. The van der Waals surface area contributed by atoms with E-state index in [0.29, 0.717) is 7.11 Å². The number of methoxy groups -OCH3 is 1. The summed E-state index contributed by atoms with van der Waals surface area (Å²) in [4.78, 5) is 10.0. The molecular formula is C5H4F4O2. The maximum Gasteiger partial charge on any atom is 0.395 e. The number of halogens is 4. The Kier molecular flexibility index (Phi) is 3.03. The predicted octanol–water partition coefficient (Wildman–Crippen LogP) is 1.58. The summed E-state index contributed by atoms with van der Waals surface area (Å²) in [5.41, 5.74) is 0. The van der Waals surface area contributed by atoms with E-state index in [1.54, 1.807) is 0 Å². The first kappa shape index (κ1) is 9.93. The zero-order valence-corrected chi connectivity index (χ0v) is 5.41. The second-order valence-electron chi connectivity index (χ2n) is 1.52. The molecule has 0 heterocycles. The Morgan fingerprint density at radius 3 is 2.27 bits per heavy atom. The van der Waals surface area contributed by atoms with Crippen molar-refractivity contribution in [3.63, 3.8) is 0 Å². The Bertz CT molecular complexity index is 187. The highest BCUT2D eigenvalue weighted by atomic mass is 19.3. The Morgan fingerprint density at radius 2 is 2.00 bits per heavy atom. The van der Waals surface area contributed by atoms with Crippen LogP contribution in [0.3, 0.4) is 0 Å². The van der Waals surface area contributed by atoms with Gasteiger partial charge in [-0.15, -0.1) is 0 Å². The summed E-state index contributed by atoms with van der Waals surface area (Å²) in [5.74, 6) is -9.13. The van der Waals surface area contributed by atoms with Crippen molar-refractivity contribution < 1.29 is 27.1 Å². The Labute approximate surface area is 59.4 Å². The summed E-state index contributed by atoms with van der Waals surface area (Å²) in [6.07, 6.45) is -0.989. The molecule has 0 aromatic carbocycles. The van der Waals surface area contributed by atoms with Crippen LogP contribution in [0.25, 0.3) is 0 Å². The first-order valence-electron chi connectivity index (χ1n) is 2.39. The molecule has 0 spiro atoms. The normalized spacial score (nSPS) is 13.0. The van der Waals surface area contributed by atoms with Crippen LogP contribution in [0.5, 0.6) is 0 Å². The van der Waals surface area contributed by atoms with E-state index in [2.05, 4.69) is 4.74 Å². The molecule has 64 valence electrons. The molecule has 11 heavy (non-hydrogen) atoms. The fraction of sp³-hybridized carbons (Fsp3) is 0.400. The van der Waals surface area contributed by atoms with E-state index in [1.165, 1.54) is 0 Å². The van der Waals surface area contributed by atoms with Crippen molar-refractivity contribution in [3.8, 4) is 0 Å². The van der Waals surface area contributed by atoms with E-state index in [0.717, 1.165) is 0 Å². The number of carbonyl (C=O) groups excluding carboxylic acids is 1. The van der Waals surface area contributed by atoms with Gasteiger partial charge in [-0.2, -0.15) is 8.78 Å². The smallest absolute Gasteiger partial charge is 0.395 e. The van der Waals surface area contributed by atoms with Gasteiger partial charge < -0.3 is 4.74 Å². The van der Waals surface area contributed by atoms with E-state index in [-0.39, 0.29) is 0 Å². The van der Waals surface area contributed by atoms with Gasteiger partial charge in [0.05, 0.1) is 7.11 Å². The Hall–Kier alpha value is -1.07. The van der Waals surface area contributed by atoms with Crippen LogP contribution in [-0.4, -0.2) is 19.0 Å². The van der Waals surface area contributed by atoms with Gasteiger partial charge in [0.2, 0.25) is 5.83 Å². The maximum absolute atomic E-state index is 12.1. The number of esters is 1. The molecule has 2 nitrogen and oxygen atoms in total. The molecule has 0 radical (unpaired) electrons. The minimum absolute atomic E-state index is 0.641. The Morgan fingerprint density at radius 1 is 1.55 bits per heavy atom. The lowest BCUT2D eigenvalue weighted by Crippen LogP contribution is -2.30. The number of alkyl halides is 2. The molecule has 6 heteroatoms. The van der Waals surface area contributed by atoms with E-state index in [9.17, 15) is 22.4 Å². The predicted molar refractivity (Wildman–Crippen MR) is 27.3 cm³/mol. The van der Waals surface area contributed by atoms with Crippen LogP contribution >= 0.6 is 0 Å². The van der Waals surface area contributed by atoms with Crippen molar-refractivity contribution in [2.24, 2.45) is 0 Å². The highest BCUT2D eigenvalue weighted by molar-refractivity contribution is 5.80. The summed E-state index contributed by atoms with van der Waals surface area (Å²) in [7, 11) is 0.641. The van der Waals surface area contributed by atoms with Crippen LogP contribution in [0, 0.1) is 0 Å². The number of rotatable bonds is 2. The van der Waals surface area contributed by atoms with Gasteiger partial charge in [0, 0.05) is 0 Å². The van der Waals surface area contributed by atoms with Crippen molar-refractivity contribution in [1.29, 1.82) is 0 Å². The number of hydrogen-bond acceptors (Lipinski definition) is 2. The standard InChI is InChI=1S/C5H4F4O2/c1-11-4(10)5(8,9)3(7)2-6/h2H,1H3/b3-2+. The zero-order valence-electron chi connectivity index (χ0n) is 5.41.